The summed E-state index contributed by atoms with van der Waals surface area (Å²) < 4.78 is 2.41. The summed E-state index contributed by atoms with van der Waals surface area (Å²) in [6.07, 6.45) is 4.66. The number of imidazole rings is 1. The Kier molecular flexibility index (Phi) is 3.81. The van der Waals surface area contributed by atoms with Crippen LogP contribution in [0.5, 0.6) is 0 Å². The zero-order valence-electron chi connectivity index (χ0n) is 12.2. The van der Waals surface area contributed by atoms with Gasteiger partial charge in [0.1, 0.15) is 5.82 Å². The van der Waals surface area contributed by atoms with Crippen molar-refractivity contribution < 1.29 is 5.11 Å². The first-order chi connectivity index (χ1) is 8.45. The van der Waals surface area contributed by atoms with Gasteiger partial charge in [0.2, 0.25) is 0 Å². The highest BCUT2D eigenvalue weighted by Gasteiger charge is 2.30. The van der Waals surface area contributed by atoms with Gasteiger partial charge in [-0.25, -0.2) is 4.98 Å². The first kappa shape index (κ1) is 13.6. The second kappa shape index (κ2) is 5.04. The van der Waals surface area contributed by atoms with E-state index in [2.05, 4.69) is 32.3 Å². The average Bonchev–Trinajstić information content (AvgIpc) is 2.69. The Labute approximate surface area is 110 Å². The summed E-state index contributed by atoms with van der Waals surface area (Å²) in [6, 6.07) is 0. The summed E-state index contributed by atoms with van der Waals surface area (Å²) in [4.78, 5) is 4.88. The number of aliphatic hydroxyl groups is 1. The van der Waals surface area contributed by atoms with E-state index in [-0.39, 0.29) is 12.0 Å². The minimum Gasteiger partial charge on any atom is -0.395 e. The van der Waals surface area contributed by atoms with Gasteiger partial charge in [-0.1, -0.05) is 27.7 Å². The maximum absolute atomic E-state index is 9.59. The third kappa shape index (κ3) is 2.46. The molecule has 2 heterocycles. The molecule has 1 aliphatic rings. The molecule has 0 spiro atoms. The molecule has 2 rings (SSSR count). The first-order valence-electron chi connectivity index (χ1n) is 7.15. The van der Waals surface area contributed by atoms with Crippen LogP contribution in [0, 0.1) is 5.92 Å². The van der Waals surface area contributed by atoms with Crippen molar-refractivity contribution in [3.63, 3.8) is 0 Å². The zero-order chi connectivity index (χ0) is 13.3. The van der Waals surface area contributed by atoms with Gasteiger partial charge in [-0.15, -0.1) is 0 Å². The predicted molar refractivity (Wildman–Crippen MR) is 73.8 cm³/mol. The van der Waals surface area contributed by atoms with Crippen LogP contribution in [-0.2, 0) is 24.8 Å². The molecular formula is C15H26N2O. The molecule has 0 radical (unpaired) electrons. The quantitative estimate of drug-likeness (QED) is 0.892. The van der Waals surface area contributed by atoms with Crippen molar-refractivity contribution in [1.82, 2.24) is 9.55 Å². The highest BCUT2D eigenvalue weighted by molar-refractivity contribution is 5.26. The van der Waals surface area contributed by atoms with E-state index in [1.54, 1.807) is 0 Å². The second-order valence-corrected chi connectivity index (χ2v) is 6.57. The summed E-state index contributed by atoms with van der Waals surface area (Å²) in [5.74, 6) is 1.85. The molecule has 18 heavy (non-hydrogen) atoms. The fraction of sp³-hybridized carbons (Fsp3) is 0.800. The minimum atomic E-state index is -0.219. The van der Waals surface area contributed by atoms with E-state index in [4.69, 9.17) is 4.98 Å². The molecular weight excluding hydrogens is 224 g/mol. The Hall–Kier alpha value is -0.830. The number of fused-ring (bicyclic) bond motifs is 1. The number of aromatic nitrogens is 2. The molecule has 0 fully saturated rings. The SMILES string of the molecule is CC(C)Cc1nc(C(C)(C)CO)c2n1CCCC2. The van der Waals surface area contributed by atoms with Crippen molar-refractivity contribution in [2.24, 2.45) is 5.92 Å². The molecule has 0 bridgehead atoms. The Bertz CT molecular complexity index is 418. The molecule has 0 aromatic carbocycles. The molecule has 0 aliphatic carbocycles. The number of rotatable bonds is 4. The van der Waals surface area contributed by atoms with Gasteiger partial charge < -0.3 is 9.67 Å². The van der Waals surface area contributed by atoms with Crippen molar-refractivity contribution >= 4 is 0 Å². The van der Waals surface area contributed by atoms with Crippen LogP contribution in [0.15, 0.2) is 0 Å². The van der Waals surface area contributed by atoms with E-state index in [1.165, 1.54) is 24.4 Å². The predicted octanol–water partition coefficient (Wildman–Crippen LogP) is 2.69. The number of hydrogen-bond acceptors (Lipinski definition) is 2. The van der Waals surface area contributed by atoms with Crippen LogP contribution in [0.1, 0.15) is 57.7 Å². The Morgan fingerprint density at radius 2 is 2.06 bits per heavy atom. The van der Waals surface area contributed by atoms with E-state index in [1.807, 2.05) is 0 Å². The highest BCUT2D eigenvalue weighted by atomic mass is 16.3. The lowest BCUT2D eigenvalue weighted by Gasteiger charge is -2.24. The molecule has 0 amide bonds. The molecule has 3 heteroatoms. The van der Waals surface area contributed by atoms with Crippen LogP contribution in [-0.4, -0.2) is 21.3 Å². The van der Waals surface area contributed by atoms with Gasteiger partial charge in [-0.05, 0) is 25.2 Å². The van der Waals surface area contributed by atoms with Gasteiger partial charge in [0.05, 0.1) is 12.3 Å². The summed E-state index contributed by atoms with van der Waals surface area (Å²) in [6.45, 7) is 9.92. The Balaban J connectivity index is 2.44. The molecule has 102 valence electrons. The molecule has 0 saturated carbocycles. The first-order valence-corrected chi connectivity index (χ1v) is 7.15. The van der Waals surface area contributed by atoms with Crippen LogP contribution < -0.4 is 0 Å². The summed E-state index contributed by atoms with van der Waals surface area (Å²) >= 11 is 0. The number of hydrogen-bond donors (Lipinski definition) is 1. The van der Waals surface area contributed by atoms with Crippen molar-refractivity contribution in [3.8, 4) is 0 Å². The normalized spacial score (nSPS) is 16.1. The van der Waals surface area contributed by atoms with E-state index in [0.29, 0.717) is 5.92 Å². The Morgan fingerprint density at radius 3 is 2.67 bits per heavy atom. The summed E-state index contributed by atoms with van der Waals surface area (Å²) in [5, 5.41) is 9.59. The van der Waals surface area contributed by atoms with Crippen molar-refractivity contribution in [1.29, 1.82) is 0 Å². The lowest BCUT2D eigenvalue weighted by molar-refractivity contribution is 0.214. The maximum Gasteiger partial charge on any atom is 0.109 e. The lowest BCUT2D eigenvalue weighted by Crippen LogP contribution is -2.25. The van der Waals surface area contributed by atoms with Gasteiger partial charge in [-0.3, -0.25) is 0 Å². The van der Waals surface area contributed by atoms with Crippen LogP contribution >= 0.6 is 0 Å². The largest absolute Gasteiger partial charge is 0.395 e. The molecule has 0 unspecified atom stereocenters. The van der Waals surface area contributed by atoms with Crippen molar-refractivity contribution in [3.05, 3.63) is 17.2 Å². The second-order valence-electron chi connectivity index (χ2n) is 6.57. The van der Waals surface area contributed by atoms with E-state index in [0.717, 1.165) is 25.1 Å². The molecule has 1 aromatic rings. The standard InChI is InChI=1S/C15H26N2O/c1-11(2)9-13-16-14(15(3,4)10-18)12-7-5-6-8-17(12)13/h11,18H,5-10H2,1-4H3. The van der Waals surface area contributed by atoms with Crippen molar-refractivity contribution in [2.45, 2.75) is 65.3 Å². The zero-order valence-corrected chi connectivity index (χ0v) is 12.2. The molecule has 1 aromatic heterocycles. The number of nitrogens with zero attached hydrogens (tertiary/aromatic N) is 2. The van der Waals surface area contributed by atoms with Gasteiger partial charge in [0.25, 0.3) is 0 Å². The summed E-state index contributed by atoms with van der Waals surface area (Å²) in [7, 11) is 0. The van der Waals surface area contributed by atoms with Gasteiger partial charge in [-0.2, -0.15) is 0 Å². The smallest absolute Gasteiger partial charge is 0.109 e. The monoisotopic (exact) mass is 250 g/mol. The van der Waals surface area contributed by atoms with Crippen LogP contribution in [0.2, 0.25) is 0 Å². The van der Waals surface area contributed by atoms with Crippen molar-refractivity contribution in [2.75, 3.05) is 6.61 Å². The van der Waals surface area contributed by atoms with E-state index < -0.39 is 0 Å². The van der Waals surface area contributed by atoms with E-state index in [9.17, 15) is 5.11 Å². The molecule has 1 aliphatic heterocycles. The maximum atomic E-state index is 9.59. The van der Waals surface area contributed by atoms with Crippen LogP contribution in [0.25, 0.3) is 0 Å². The van der Waals surface area contributed by atoms with Gasteiger partial charge in [0, 0.05) is 24.1 Å². The Morgan fingerprint density at radius 1 is 1.33 bits per heavy atom. The molecule has 0 atom stereocenters. The van der Waals surface area contributed by atoms with Crippen LogP contribution in [0.3, 0.4) is 0 Å². The fourth-order valence-corrected chi connectivity index (χ4v) is 2.76. The highest BCUT2D eigenvalue weighted by Crippen LogP contribution is 2.30. The summed E-state index contributed by atoms with van der Waals surface area (Å²) in [5.41, 5.74) is 2.28. The molecule has 1 N–H and O–H groups in total. The fourth-order valence-electron chi connectivity index (χ4n) is 2.76. The topological polar surface area (TPSA) is 38.1 Å². The van der Waals surface area contributed by atoms with Gasteiger partial charge in [0.15, 0.2) is 0 Å². The van der Waals surface area contributed by atoms with Gasteiger partial charge >= 0.3 is 0 Å². The average molecular weight is 250 g/mol. The number of aliphatic hydroxyl groups excluding tert-OH is 1. The molecule has 0 saturated heterocycles. The third-order valence-electron chi connectivity index (χ3n) is 3.82. The lowest BCUT2D eigenvalue weighted by atomic mass is 9.87. The molecule has 3 nitrogen and oxygen atoms in total. The van der Waals surface area contributed by atoms with Crippen LogP contribution in [0.4, 0.5) is 0 Å². The van der Waals surface area contributed by atoms with E-state index >= 15 is 0 Å². The minimum absolute atomic E-state index is 0.165. The third-order valence-corrected chi connectivity index (χ3v) is 3.82.